The number of fused-ring (bicyclic) bond motifs is 3. The molecule has 0 atom stereocenters. The number of morpholine rings is 1. The Morgan fingerprint density at radius 1 is 1.20 bits per heavy atom. The molecular weight excluding hydrogens is 384 g/mol. The van der Waals surface area contributed by atoms with Crippen LogP contribution in [0.1, 0.15) is 35.9 Å². The van der Waals surface area contributed by atoms with Crippen LogP contribution in [0.4, 0.5) is 10.5 Å². The monoisotopic (exact) mass is 406 g/mol. The molecule has 1 aliphatic carbocycles. The summed E-state index contributed by atoms with van der Waals surface area (Å²) in [5.41, 5.74) is 3.75. The molecule has 9 nitrogen and oxygen atoms in total. The first-order valence-corrected chi connectivity index (χ1v) is 10.4. The van der Waals surface area contributed by atoms with Gasteiger partial charge in [0.05, 0.1) is 43.0 Å². The smallest absolute Gasteiger partial charge is 0.325 e. The number of imidazole rings is 1. The van der Waals surface area contributed by atoms with Gasteiger partial charge in [-0.2, -0.15) is 4.98 Å². The van der Waals surface area contributed by atoms with Crippen LogP contribution in [-0.2, 0) is 11.3 Å². The van der Waals surface area contributed by atoms with Crippen molar-refractivity contribution in [2.75, 3.05) is 31.2 Å². The summed E-state index contributed by atoms with van der Waals surface area (Å²) in [5, 5.41) is 4.18. The number of hydrogen-bond acceptors (Lipinski definition) is 6. The van der Waals surface area contributed by atoms with Gasteiger partial charge in [-0.3, -0.25) is 9.47 Å². The summed E-state index contributed by atoms with van der Waals surface area (Å²) in [6, 6.07) is 6.03. The Morgan fingerprint density at radius 3 is 2.83 bits per heavy atom. The van der Waals surface area contributed by atoms with Gasteiger partial charge in [0, 0.05) is 19.0 Å². The van der Waals surface area contributed by atoms with E-state index in [0.29, 0.717) is 56.3 Å². The number of carbonyl (C=O) groups is 1. The summed E-state index contributed by atoms with van der Waals surface area (Å²) in [4.78, 5) is 26.3. The van der Waals surface area contributed by atoms with E-state index in [1.165, 1.54) is 0 Å². The van der Waals surface area contributed by atoms with Crippen molar-refractivity contribution in [2.45, 2.75) is 32.2 Å². The molecule has 6 rings (SSSR count). The SMILES string of the molecule is Cc1cccc2c1N(C(=O)N1CCOCC1)Cc1cnc(-c3noc(C4CC4)n3)n1-2. The van der Waals surface area contributed by atoms with Crippen molar-refractivity contribution in [3.8, 4) is 17.3 Å². The summed E-state index contributed by atoms with van der Waals surface area (Å²) < 4.78 is 12.9. The van der Waals surface area contributed by atoms with E-state index >= 15 is 0 Å². The molecule has 2 amide bonds. The molecule has 1 saturated heterocycles. The predicted molar refractivity (Wildman–Crippen MR) is 108 cm³/mol. The number of para-hydroxylation sites is 1. The molecule has 154 valence electrons. The van der Waals surface area contributed by atoms with Gasteiger partial charge >= 0.3 is 6.03 Å². The van der Waals surface area contributed by atoms with Crippen LogP contribution >= 0.6 is 0 Å². The van der Waals surface area contributed by atoms with Gasteiger partial charge in [0.1, 0.15) is 0 Å². The second-order valence-corrected chi connectivity index (χ2v) is 8.05. The number of ether oxygens (including phenoxy) is 1. The fourth-order valence-corrected chi connectivity index (χ4v) is 4.25. The zero-order valence-electron chi connectivity index (χ0n) is 16.7. The van der Waals surface area contributed by atoms with Gasteiger partial charge < -0.3 is 14.2 Å². The first-order valence-electron chi connectivity index (χ1n) is 10.4. The summed E-state index contributed by atoms with van der Waals surface area (Å²) in [5.74, 6) is 2.21. The normalized spacial score (nSPS) is 18.3. The quantitative estimate of drug-likeness (QED) is 0.650. The zero-order chi connectivity index (χ0) is 20.2. The lowest BCUT2D eigenvalue weighted by molar-refractivity contribution is 0.0547. The highest BCUT2D eigenvalue weighted by Gasteiger charge is 2.35. The molecule has 0 N–H and O–H groups in total. The Kier molecular flexibility index (Phi) is 3.92. The number of aromatic nitrogens is 4. The summed E-state index contributed by atoms with van der Waals surface area (Å²) in [6.07, 6.45) is 4.00. The van der Waals surface area contributed by atoms with Crippen molar-refractivity contribution < 1.29 is 14.1 Å². The molecule has 0 unspecified atom stereocenters. The average molecular weight is 406 g/mol. The van der Waals surface area contributed by atoms with Crippen LogP contribution in [0.25, 0.3) is 17.3 Å². The van der Waals surface area contributed by atoms with Crippen LogP contribution < -0.4 is 4.90 Å². The molecule has 2 aromatic heterocycles. The van der Waals surface area contributed by atoms with E-state index in [1.54, 1.807) is 6.20 Å². The molecular formula is C21H22N6O3. The van der Waals surface area contributed by atoms with Gasteiger partial charge in [0.15, 0.2) is 5.82 Å². The fourth-order valence-electron chi connectivity index (χ4n) is 4.25. The summed E-state index contributed by atoms with van der Waals surface area (Å²) >= 11 is 0. The maximum absolute atomic E-state index is 13.4. The number of anilines is 1. The van der Waals surface area contributed by atoms with E-state index in [9.17, 15) is 4.79 Å². The van der Waals surface area contributed by atoms with Crippen molar-refractivity contribution in [1.29, 1.82) is 0 Å². The van der Waals surface area contributed by atoms with Crippen LogP contribution in [0.3, 0.4) is 0 Å². The number of nitrogens with zero attached hydrogens (tertiary/aromatic N) is 6. The minimum atomic E-state index is -0.00145. The average Bonchev–Trinajstić information content (AvgIpc) is 3.35. The van der Waals surface area contributed by atoms with E-state index in [2.05, 4.69) is 15.1 Å². The second kappa shape index (κ2) is 6.66. The Labute approximate surface area is 173 Å². The third-order valence-corrected chi connectivity index (χ3v) is 5.96. The van der Waals surface area contributed by atoms with E-state index < -0.39 is 0 Å². The molecule has 2 fully saturated rings. The van der Waals surface area contributed by atoms with Gasteiger partial charge in [-0.15, -0.1) is 0 Å². The lowest BCUT2D eigenvalue weighted by Gasteiger charge is -2.37. The van der Waals surface area contributed by atoms with Crippen LogP contribution in [0.15, 0.2) is 28.9 Å². The largest absolute Gasteiger partial charge is 0.378 e. The molecule has 30 heavy (non-hydrogen) atoms. The minimum Gasteiger partial charge on any atom is -0.378 e. The summed E-state index contributed by atoms with van der Waals surface area (Å²) in [6.45, 7) is 4.82. The molecule has 9 heteroatoms. The van der Waals surface area contributed by atoms with Crippen molar-refractivity contribution in [2.24, 2.45) is 0 Å². The number of hydrogen-bond donors (Lipinski definition) is 0. The fraction of sp³-hybridized carbons (Fsp3) is 0.429. The van der Waals surface area contributed by atoms with E-state index in [-0.39, 0.29) is 6.03 Å². The van der Waals surface area contributed by atoms with E-state index in [0.717, 1.165) is 35.5 Å². The molecule has 1 aromatic carbocycles. The Morgan fingerprint density at radius 2 is 2.03 bits per heavy atom. The van der Waals surface area contributed by atoms with Gasteiger partial charge in [-0.1, -0.05) is 17.3 Å². The second-order valence-electron chi connectivity index (χ2n) is 8.05. The van der Waals surface area contributed by atoms with Gasteiger partial charge in [0.2, 0.25) is 11.7 Å². The molecule has 0 spiro atoms. The lowest BCUT2D eigenvalue weighted by Crippen LogP contribution is -2.49. The van der Waals surface area contributed by atoms with Crippen LogP contribution in [0.5, 0.6) is 0 Å². The molecule has 3 aliphatic rings. The third kappa shape index (κ3) is 2.72. The minimum absolute atomic E-state index is 0.00145. The molecule has 2 aliphatic heterocycles. The standard InChI is InChI=1S/C21H22N6O3/c1-13-3-2-4-16-17(13)26(21(28)25-7-9-29-10-8-25)12-15-11-22-19(27(15)16)18-23-20(30-24-18)14-5-6-14/h2-4,11,14H,5-10,12H2,1H3. The first kappa shape index (κ1) is 17.6. The highest BCUT2D eigenvalue weighted by Crippen LogP contribution is 2.41. The number of benzene rings is 1. The maximum Gasteiger partial charge on any atom is 0.325 e. The van der Waals surface area contributed by atoms with Crippen LogP contribution in [0, 0.1) is 6.92 Å². The van der Waals surface area contributed by atoms with Crippen LogP contribution in [-0.4, -0.2) is 56.9 Å². The number of urea groups is 1. The predicted octanol–water partition coefficient (Wildman–Crippen LogP) is 2.88. The highest BCUT2D eigenvalue weighted by molar-refractivity contribution is 5.96. The molecule has 3 aromatic rings. The maximum atomic E-state index is 13.4. The molecule has 1 saturated carbocycles. The van der Waals surface area contributed by atoms with Crippen molar-refractivity contribution >= 4 is 11.7 Å². The van der Waals surface area contributed by atoms with Crippen LogP contribution in [0.2, 0.25) is 0 Å². The number of rotatable bonds is 2. The Bertz CT molecular complexity index is 1130. The highest BCUT2D eigenvalue weighted by atomic mass is 16.5. The Hall–Kier alpha value is -3.20. The van der Waals surface area contributed by atoms with E-state index in [1.807, 2.05) is 39.5 Å². The molecule has 4 heterocycles. The van der Waals surface area contributed by atoms with E-state index in [4.69, 9.17) is 9.26 Å². The van der Waals surface area contributed by atoms with Crippen molar-refractivity contribution in [3.63, 3.8) is 0 Å². The van der Waals surface area contributed by atoms with Gasteiger partial charge in [-0.05, 0) is 31.4 Å². The number of aryl methyl sites for hydroxylation is 1. The zero-order valence-corrected chi connectivity index (χ0v) is 16.7. The number of amides is 2. The van der Waals surface area contributed by atoms with Gasteiger partial charge in [-0.25, -0.2) is 9.78 Å². The van der Waals surface area contributed by atoms with Crippen molar-refractivity contribution in [3.05, 3.63) is 41.5 Å². The molecule has 0 radical (unpaired) electrons. The Balaban J connectivity index is 1.43. The van der Waals surface area contributed by atoms with Gasteiger partial charge in [0.25, 0.3) is 0 Å². The third-order valence-electron chi connectivity index (χ3n) is 5.96. The topological polar surface area (TPSA) is 89.5 Å². The van der Waals surface area contributed by atoms with Crippen molar-refractivity contribution in [1.82, 2.24) is 24.6 Å². The number of carbonyl (C=O) groups excluding carboxylic acids is 1. The lowest BCUT2D eigenvalue weighted by atomic mass is 10.1. The molecule has 0 bridgehead atoms. The first-order chi connectivity index (χ1) is 14.7. The summed E-state index contributed by atoms with van der Waals surface area (Å²) in [7, 11) is 0.